The number of alkyl halides is 3. The molecule has 2 rings (SSSR count). The van der Waals surface area contributed by atoms with Crippen molar-refractivity contribution in [1.29, 1.82) is 0 Å². The molecule has 158 valence electrons. The first kappa shape index (κ1) is 22.6. The van der Waals surface area contributed by atoms with Crippen molar-refractivity contribution in [1.82, 2.24) is 20.9 Å². The number of carbonyl (C=O) groups excluding carboxylic acids is 1. The highest BCUT2D eigenvalue weighted by molar-refractivity contribution is 5.80. The number of benzene rings is 1. The Morgan fingerprint density at radius 3 is 2.66 bits per heavy atom. The van der Waals surface area contributed by atoms with Crippen molar-refractivity contribution >= 4 is 11.9 Å². The van der Waals surface area contributed by atoms with Crippen molar-refractivity contribution in [2.45, 2.75) is 25.1 Å². The van der Waals surface area contributed by atoms with Crippen molar-refractivity contribution in [2.24, 2.45) is 4.99 Å². The van der Waals surface area contributed by atoms with Gasteiger partial charge in [-0.2, -0.15) is 13.2 Å². The number of hydrogen-bond donors (Lipinski definition) is 3. The highest BCUT2D eigenvalue weighted by atomic mass is 19.4. The Balaban J connectivity index is 1.78. The molecule has 1 heterocycles. The second-order valence-corrected chi connectivity index (χ2v) is 6.67. The molecule has 1 aliphatic heterocycles. The zero-order valence-electron chi connectivity index (χ0n) is 16.6. The number of aliphatic imine (C=N–C) groups is 1. The lowest BCUT2D eigenvalue weighted by molar-refractivity contribution is -0.137. The third kappa shape index (κ3) is 7.66. The number of halogens is 3. The second kappa shape index (κ2) is 10.7. The molecule has 0 radical (unpaired) electrons. The first-order chi connectivity index (χ1) is 13.8. The summed E-state index contributed by atoms with van der Waals surface area (Å²) in [5.41, 5.74) is -0.398. The molecule has 0 aromatic heterocycles. The molecule has 0 unspecified atom stereocenters. The highest BCUT2D eigenvalue weighted by Crippen LogP contribution is 2.29. The normalized spacial score (nSPS) is 16.0. The molecule has 9 heteroatoms. The maximum Gasteiger partial charge on any atom is 0.416 e. The Morgan fingerprint density at radius 2 is 2.03 bits per heavy atom. The Bertz CT molecular complexity index is 774. The van der Waals surface area contributed by atoms with Crippen molar-refractivity contribution in [3.63, 3.8) is 0 Å². The molecule has 1 aromatic rings. The van der Waals surface area contributed by atoms with Crippen LogP contribution in [0.25, 0.3) is 0 Å². The summed E-state index contributed by atoms with van der Waals surface area (Å²) in [6.45, 7) is 2.29. The Morgan fingerprint density at radius 1 is 1.31 bits per heavy atom. The van der Waals surface area contributed by atoms with Gasteiger partial charge in [0.15, 0.2) is 5.96 Å². The SMILES string of the molecule is CN=C(NCC#Cc1cccc(C(F)(F)F)c1)NC1CCN(CC(=O)NC)CC1. The Hall–Kier alpha value is -2.73. The van der Waals surface area contributed by atoms with E-state index in [2.05, 4.69) is 37.7 Å². The number of guanidine groups is 1. The van der Waals surface area contributed by atoms with E-state index in [1.165, 1.54) is 6.07 Å². The minimum absolute atomic E-state index is 0.00762. The molecule has 29 heavy (non-hydrogen) atoms. The number of likely N-dealkylation sites (tertiary alicyclic amines) is 1. The summed E-state index contributed by atoms with van der Waals surface area (Å²) in [5, 5.41) is 8.99. The summed E-state index contributed by atoms with van der Waals surface area (Å²) in [7, 11) is 3.28. The predicted molar refractivity (Wildman–Crippen MR) is 106 cm³/mol. The molecular formula is C20H26F3N5O. The topological polar surface area (TPSA) is 68.8 Å². The van der Waals surface area contributed by atoms with Crippen LogP contribution in [0.15, 0.2) is 29.3 Å². The quantitative estimate of drug-likeness (QED) is 0.400. The lowest BCUT2D eigenvalue weighted by atomic mass is 10.1. The number of piperidine rings is 1. The third-order valence-electron chi connectivity index (χ3n) is 4.56. The molecule has 3 N–H and O–H groups in total. The minimum atomic E-state index is -4.38. The van der Waals surface area contributed by atoms with E-state index < -0.39 is 11.7 Å². The lowest BCUT2D eigenvalue weighted by Crippen LogP contribution is -2.50. The van der Waals surface area contributed by atoms with Gasteiger partial charge in [0.2, 0.25) is 5.91 Å². The number of likely N-dealkylation sites (N-methyl/N-ethyl adjacent to an activating group) is 1. The summed E-state index contributed by atoms with van der Waals surface area (Å²) in [4.78, 5) is 17.7. The fourth-order valence-corrected chi connectivity index (χ4v) is 2.95. The minimum Gasteiger partial charge on any atom is -0.358 e. The summed E-state index contributed by atoms with van der Waals surface area (Å²) < 4.78 is 38.2. The highest BCUT2D eigenvalue weighted by Gasteiger charge is 2.30. The van der Waals surface area contributed by atoms with E-state index in [0.717, 1.165) is 38.1 Å². The Kier molecular flexibility index (Phi) is 8.34. The molecule has 0 bridgehead atoms. The molecule has 1 amide bonds. The molecule has 6 nitrogen and oxygen atoms in total. The zero-order chi connectivity index (χ0) is 21.3. The van der Waals surface area contributed by atoms with Crippen molar-refractivity contribution < 1.29 is 18.0 Å². The lowest BCUT2D eigenvalue weighted by Gasteiger charge is -2.32. The third-order valence-corrected chi connectivity index (χ3v) is 4.56. The summed E-state index contributed by atoms with van der Waals surface area (Å²) in [5.74, 6) is 6.14. The number of nitrogens with one attached hydrogen (secondary N) is 3. The van der Waals surface area contributed by atoms with Crippen LogP contribution in [-0.2, 0) is 11.0 Å². The van der Waals surface area contributed by atoms with Gasteiger partial charge in [0.25, 0.3) is 0 Å². The van der Waals surface area contributed by atoms with Gasteiger partial charge in [-0.05, 0) is 31.0 Å². The molecule has 1 fully saturated rings. The molecule has 0 spiro atoms. The number of amides is 1. The van der Waals surface area contributed by atoms with Gasteiger partial charge in [0.1, 0.15) is 0 Å². The fraction of sp³-hybridized carbons (Fsp3) is 0.500. The van der Waals surface area contributed by atoms with Crippen LogP contribution in [0.2, 0.25) is 0 Å². The molecular weight excluding hydrogens is 383 g/mol. The van der Waals surface area contributed by atoms with Gasteiger partial charge in [0, 0.05) is 38.8 Å². The molecule has 1 aromatic carbocycles. The van der Waals surface area contributed by atoms with E-state index in [4.69, 9.17) is 0 Å². The van der Waals surface area contributed by atoms with Gasteiger partial charge in [-0.1, -0.05) is 17.9 Å². The average Bonchev–Trinajstić information content (AvgIpc) is 2.71. The van der Waals surface area contributed by atoms with E-state index in [-0.39, 0.29) is 18.5 Å². The summed E-state index contributed by atoms with van der Waals surface area (Å²) in [6.07, 6.45) is -2.61. The smallest absolute Gasteiger partial charge is 0.358 e. The zero-order valence-corrected chi connectivity index (χ0v) is 16.6. The van der Waals surface area contributed by atoms with E-state index in [9.17, 15) is 18.0 Å². The van der Waals surface area contributed by atoms with Crippen LogP contribution in [-0.4, -0.2) is 63.1 Å². The number of rotatable bonds is 4. The largest absolute Gasteiger partial charge is 0.416 e. The van der Waals surface area contributed by atoms with Crippen LogP contribution < -0.4 is 16.0 Å². The van der Waals surface area contributed by atoms with Crippen LogP contribution in [0.3, 0.4) is 0 Å². The molecule has 0 aliphatic carbocycles. The van der Waals surface area contributed by atoms with Crippen LogP contribution in [0.5, 0.6) is 0 Å². The monoisotopic (exact) mass is 409 g/mol. The van der Waals surface area contributed by atoms with Gasteiger partial charge in [-0.25, -0.2) is 0 Å². The number of carbonyl (C=O) groups is 1. The van der Waals surface area contributed by atoms with Gasteiger partial charge in [-0.3, -0.25) is 14.7 Å². The van der Waals surface area contributed by atoms with Crippen LogP contribution in [0.1, 0.15) is 24.0 Å². The van der Waals surface area contributed by atoms with Crippen molar-refractivity contribution in [2.75, 3.05) is 40.3 Å². The first-order valence-electron chi connectivity index (χ1n) is 9.38. The van der Waals surface area contributed by atoms with Crippen LogP contribution in [0.4, 0.5) is 13.2 Å². The van der Waals surface area contributed by atoms with Gasteiger partial charge >= 0.3 is 6.18 Å². The van der Waals surface area contributed by atoms with Crippen LogP contribution in [0, 0.1) is 11.8 Å². The molecule has 0 saturated carbocycles. The van der Waals surface area contributed by atoms with Gasteiger partial charge < -0.3 is 16.0 Å². The average molecular weight is 409 g/mol. The summed E-state index contributed by atoms with van der Waals surface area (Å²) in [6, 6.07) is 5.18. The standard InChI is InChI=1S/C20H26F3N5O/c1-24-18(29)14-28-11-8-17(9-12-28)27-19(25-2)26-10-4-6-15-5-3-7-16(13-15)20(21,22)23/h3,5,7,13,17H,8-12,14H2,1-2H3,(H,24,29)(H2,25,26,27). The van der Waals surface area contributed by atoms with Crippen molar-refractivity contribution in [3.05, 3.63) is 35.4 Å². The number of hydrogen-bond acceptors (Lipinski definition) is 3. The van der Waals surface area contributed by atoms with Gasteiger partial charge in [0.05, 0.1) is 18.7 Å². The van der Waals surface area contributed by atoms with E-state index in [0.29, 0.717) is 18.1 Å². The Labute approximate surface area is 168 Å². The summed E-state index contributed by atoms with van der Waals surface area (Å²) >= 11 is 0. The first-order valence-corrected chi connectivity index (χ1v) is 9.38. The van der Waals surface area contributed by atoms with Gasteiger partial charge in [-0.15, -0.1) is 0 Å². The maximum absolute atomic E-state index is 12.7. The molecule has 1 aliphatic rings. The fourth-order valence-electron chi connectivity index (χ4n) is 2.95. The number of nitrogens with zero attached hydrogens (tertiary/aromatic N) is 2. The van der Waals surface area contributed by atoms with E-state index >= 15 is 0 Å². The molecule has 1 saturated heterocycles. The van der Waals surface area contributed by atoms with Crippen molar-refractivity contribution in [3.8, 4) is 11.8 Å². The molecule has 0 atom stereocenters. The van der Waals surface area contributed by atoms with E-state index in [1.54, 1.807) is 20.2 Å². The maximum atomic E-state index is 12.7. The predicted octanol–water partition coefficient (Wildman–Crippen LogP) is 1.43. The van der Waals surface area contributed by atoms with Crippen LogP contribution >= 0.6 is 0 Å². The second-order valence-electron chi connectivity index (χ2n) is 6.67. The van der Waals surface area contributed by atoms with E-state index in [1.807, 2.05) is 0 Å².